The molecule has 0 saturated carbocycles. The standard InChI is InChI=1S/C18H23N3O/c1-13-6-5-7-17(14(13)2)20-18(22)12-19-15-8-10-16(11-9-15)21(3)4/h5-11,19H,12H2,1-4H3,(H,20,22). The number of carbonyl (C=O) groups excluding carboxylic acids is 1. The van der Waals surface area contributed by atoms with Crippen molar-refractivity contribution >= 4 is 23.0 Å². The molecule has 0 aliphatic rings. The van der Waals surface area contributed by atoms with Gasteiger partial charge in [0.15, 0.2) is 0 Å². The number of aryl methyl sites for hydroxylation is 1. The van der Waals surface area contributed by atoms with Gasteiger partial charge in [-0.3, -0.25) is 4.79 Å². The molecule has 2 aromatic carbocycles. The average Bonchev–Trinajstić information content (AvgIpc) is 2.50. The highest BCUT2D eigenvalue weighted by Crippen LogP contribution is 2.18. The molecular formula is C18H23N3O. The molecule has 0 radical (unpaired) electrons. The Bertz CT molecular complexity index is 648. The molecule has 0 aliphatic heterocycles. The van der Waals surface area contributed by atoms with Crippen LogP contribution < -0.4 is 15.5 Å². The van der Waals surface area contributed by atoms with Crippen LogP contribution in [-0.4, -0.2) is 26.5 Å². The predicted octanol–water partition coefficient (Wildman–Crippen LogP) is 3.42. The SMILES string of the molecule is Cc1cccc(NC(=O)CNc2ccc(N(C)C)cc2)c1C. The summed E-state index contributed by atoms with van der Waals surface area (Å²) in [5.41, 5.74) is 5.21. The Labute approximate surface area is 132 Å². The number of rotatable bonds is 5. The van der Waals surface area contributed by atoms with E-state index in [9.17, 15) is 4.79 Å². The van der Waals surface area contributed by atoms with Crippen LogP contribution in [0.15, 0.2) is 42.5 Å². The van der Waals surface area contributed by atoms with Gasteiger partial charge in [-0.15, -0.1) is 0 Å². The smallest absolute Gasteiger partial charge is 0.243 e. The minimum atomic E-state index is -0.0506. The van der Waals surface area contributed by atoms with E-state index in [1.807, 2.05) is 75.3 Å². The fraction of sp³-hybridized carbons (Fsp3) is 0.278. The zero-order chi connectivity index (χ0) is 16.1. The van der Waals surface area contributed by atoms with E-state index in [-0.39, 0.29) is 12.5 Å². The summed E-state index contributed by atoms with van der Waals surface area (Å²) in [6.07, 6.45) is 0. The summed E-state index contributed by atoms with van der Waals surface area (Å²) in [4.78, 5) is 14.1. The largest absolute Gasteiger partial charge is 0.378 e. The van der Waals surface area contributed by atoms with Crippen LogP contribution >= 0.6 is 0 Å². The summed E-state index contributed by atoms with van der Waals surface area (Å²) in [6.45, 7) is 4.29. The number of nitrogens with one attached hydrogen (secondary N) is 2. The second-order valence-electron chi connectivity index (χ2n) is 5.59. The van der Waals surface area contributed by atoms with Crippen LogP contribution in [0.4, 0.5) is 17.1 Å². The van der Waals surface area contributed by atoms with Crippen molar-refractivity contribution in [2.24, 2.45) is 0 Å². The van der Waals surface area contributed by atoms with Crippen LogP contribution in [0.3, 0.4) is 0 Å². The Kier molecular flexibility index (Phi) is 5.04. The Morgan fingerprint density at radius 2 is 1.73 bits per heavy atom. The van der Waals surface area contributed by atoms with Crippen molar-refractivity contribution in [3.8, 4) is 0 Å². The molecule has 0 aromatic heterocycles. The van der Waals surface area contributed by atoms with Crippen LogP contribution in [0.2, 0.25) is 0 Å². The number of anilines is 3. The van der Waals surface area contributed by atoms with Crippen LogP contribution in [0.25, 0.3) is 0 Å². The van der Waals surface area contributed by atoms with Crippen molar-refractivity contribution in [3.63, 3.8) is 0 Å². The van der Waals surface area contributed by atoms with Gasteiger partial charge in [0.2, 0.25) is 5.91 Å². The van der Waals surface area contributed by atoms with Crippen LogP contribution in [0, 0.1) is 13.8 Å². The third-order valence-corrected chi connectivity index (χ3v) is 3.72. The molecule has 2 rings (SSSR count). The first kappa shape index (κ1) is 15.9. The lowest BCUT2D eigenvalue weighted by Crippen LogP contribution is -2.22. The lowest BCUT2D eigenvalue weighted by Gasteiger charge is -2.14. The Hall–Kier alpha value is -2.49. The van der Waals surface area contributed by atoms with Gasteiger partial charge in [-0.2, -0.15) is 0 Å². The van der Waals surface area contributed by atoms with Gasteiger partial charge in [0.05, 0.1) is 6.54 Å². The number of hydrogen-bond donors (Lipinski definition) is 2. The normalized spacial score (nSPS) is 10.2. The highest BCUT2D eigenvalue weighted by molar-refractivity contribution is 5.94. The number of benzene rings is 2. The van der Waals surface area contributed by atoms with Gasteiger partial charge in [-0.05, 0) is 55.3 Å². The van der Waals surface area contributed by atoms with Gasteiger partial charge in [-0.25, -0.2) is 0 Å². The number of nitrogens with zero attached hydrogens (tertiary/aromatic N) is 1. The first-order valence-electron chi connectivity index (χ1n) is 7.34. The van der Waals surface area contributed by atoms with Crippen molar-refractivity contribution in [3.05, 3.63) is 53.6 Å². The molecule has 0 atom stereocenters. The molecule has 1 amide bonds. The minimum absolute atomic E-state index is 0.0506. The summed E-state index contributed by atoms with van der Waals surface area (Å²) in [5, 5.41) is 6.08. The van der Waals surface area contributed by atoms with E-state index < -0.39 is 0 Å². The molecule has 0 aliphatic carbocycles. The molecule has 116 valence electrons. The van der Waals surface area contributed by atoms with E-state index in [4.69, 9.17) is 0 Å². The lowest BCUT2D eigenvalue weighted by atomic mass is 10.1. The minimum Gasteiger partial charge on any atom is -0.378 e. The number of amides is 1. The summed E-state index contributed by atoms with van der Waals surface area (Å²) in [7, 11) is 4.00. The topological polar surface area (TPSA) is 44.4 Å². The first-order valence-corrected chi connectivity index (χ1v) is 7.34. The van der Waals surface area contributed by atoms with Crippen molar-refractivity contribution < 1.29 is 4.79 Å². The van der Waals surface area contributed by atoms with E-state index in [1.54, 1.807) is 0 Å². The molecule has 2 aromatic rings. The van der Waals surface area contributed by atoms with Crippen molar-refractivity contribution in [1.29, 1.82) is 0 Å². The highest BCUT2D eigenvalue weighted by Gasteiger charge is 2.06. The predicted molar refractivity (Wildman–Crippen MR) is 93.8 cm³/mol. The van der Waals surface area contributed by atoms with E-state index in [2.05, 4.69) is 10.6 Å². The molecule has 2 N–H and O–H groups in total. The summed E-state index contributed by atoms with van der Waals surface area (Å²) in [6, 6.07) is 13.9. The molecular weight excluding hydrogens is 274 g/mol. The Morgan fingerprint density at radius 3 is 2.36 bits per heavy atom. The molecule has 0 saturated heterocycles. The van der Waals surface area contributed by atoms with E-state index in [0.717, 1.165) is 22.6 Å². The van der Waals surface area contributed by atoms with Crippen molar-refractivity contribution in [2.45, 2.75) is 13.8 Å². The highest BCUT2D eigenvalue weighted by atomic mass is 16.1. The van der Waals surface area contributed by atoms with Gasteiger partial charge in [-0.1, -0.05) is 12.1 Å². The summed E-state index contributed by atoms with van der Waals surface area (Å²) >= 11 is 0. The zero-order valence-electron chi connectivity index (χ0n) is 13.6. The van der Waals surface area contributed by atoms with Crippen molar-refractivity contribution in [1.82, 2.24) is 0 Å². The number of carbonyl (C=O) groups is 1. The van der Waals surface area contributed by atoms with E-state index in [1.165, 1.54) is 5.56 Å². The maximum atomic E-state index is 12.0. The van der Waals surface area contributed by atoms with Gasteiger partial charge in [0, 0.05) is 31.2 Å². The zero-order valence-corrected chi connectivity index (χ0v) is 13.6. The molecule has 0 spiro atoms. The van der Waals surface area contributed by atoms with Crippen LogP contribution in [0.5, 0.6) is 0 Å². The maximum absolute atomic E-state index is 12.0. The maximum Gasteiger partial charge on any atom is 0.243 e. The van der Waals surface area contributed by atoms with E-state index in [0.29, 0.717) is 0 Å². The van der Waals surface area contributed by atoms with Gasteiger partial charge >= 0.3 is 0 Å². The quantitative estimate of drug-likeness (QED) is 0.889. The molecule has 0 heterocycles. The molecule has 22 heavy (non-hydrogen) atoms. The fourth-order valence-corrected chi connectivity index (χ4v) is 2.14. The number of hydrogen-bond acceptors (Lipinski definition) is 3. The second kappa shape index (κ2) is 6.98. The second-order valence-corrected chi connectivity index (χ2v) is 5.59. The third kappa shape index (κ3) is 4.01. The fourth-order valence-electron chi connectivity index (χ4n) is 2.14. The molecule has 4 nitrogen and oxygen atoms in total. The van der Waals surface area contributed by atoms with Gasteiger partial charge in [0.25, 0.3) is 0 Å². The van der Waals surface area contributed by atoms with E-state index >= 15 is 0 Å². The van der Waals surface area contributed by atoms with Gasteiger partial charge in [0.1, 0.15) is 0 Å². The molecule has 0 bridgehead atoms. The Morgan fingerprint density at radius 1 is 1.05 bits per heavy atom. The third-order valence-electron chi connectivity index (χ3n) is 3.72. The molecule has 0 fully saturated rings. The van der Waals surface area contributed by atoms with Gasteiger partial charge < -0.3 is 15.5 Å². The van der Waals surface area contributed by atoms with Crippen LogP contribution in [0.1, 0.15) is 11.1 Å². The van der Waals surface area contributed by atoms with Crippen molar-refractivity contribution in [2.75, 3.05) is 36.2 Å². The lowest BCUT2D eigenvalue weighted by molar-refractivity contribution is -0.114. The monoisotopic (exact) mass is 297 g/mol. The summed E-state index contributed by atoms with van der Waals surface area (Å²) < 4.78 is 0. The molecule has 0 unspecified atom stereocenters. The van der Waals surface area contributed by atoms with Crippen LogP contribution in [-0.2, 0) is 4.79 Å². The Balaban J connectivity index is 1.91. The summed E-state index contributed by atoms with van der Waals surface area (Å²) in [5.74, 6) is -0.0506. The molecule has 4 heteroatoms. The first-order chi connectivity index (χ1) is 10.5. The average molecular weight is 297 g/mol.